The Bertz CT molecular complexity index is 1250. The van der Waals surface area contributed by atoms with Gasteiger partial charge in [0.15, 0.2) is 11.4 Å². The summed E-state index contributed by atoms with van der Waals surface area (Å²) in [7, 11) is -4.81. The van der Waals surface area contributed by atoms with Crippen molar-refractivity contribution in [1.29, 1.82) is 0 Å². The van der Waals surface area contributed by atoms with Gasteiger partial charge in [0.05, 0.1) is 6.10 Å². The molecular weight excluding hydrogens is 459 g/mol. The monoisotopic (exact) mass is 481 g/mol. The SMILES string of the molecule is CC(=O)OC(C)CCCCn1c(=O)c2c(OS(=O)(=O)C(F)(F)F)cc(C)nc2n(C)c1=O. The molecule has 0 saturated carbocycles. The molecule has 0 amide bonds. The van der Waals surface area contributed by atoms with Crippen molar-refractivity contribution in [1.82, 2.24) is 14.1 Å². The molecule has 0 N–H and O–H groups in total. The van der Waals surface area contributed by atoms with E-state index in [2.05, 4.69) is 9.17 Å². The van der Waals surface area contributed by atoms with Crippen LogP contribution in [0.5, 0.6) is 5.75 Å². The number of ether oxygens (including phenoxy) is 1. The van der Waals surface area contributed by atoms with Crippen LogP contribution in [0, 0.1) is 6.92 Å². The van der Waals surface area contributed by atoms with Crippen molar-refractivity contribution < 1.29 is 35.3 Å². The second-order valence-electron chi connectivity index (χ2n) is 7.16. The number of alkyl halides is 3. The van der Waals surface area contributed by atoms with Gasteiger partial charge < -0.3 is 8.92 Å². The van der Waals surface area contributed by atoms with Crippen LogP contribution in [0.4, 0.5) is 13.2 Å². The first-order valence-corrected chi connectivity index (χ1v) is 10.9. The molecular formula is C18H22F3N3O7S. The molecule has 0 aliphatic carbocycles. The minimum Gasteiger partial charge on any atom is -0.463 e. The smallest absolute Gasteiger partial charge is 0.463 e. The van der Waals surface area contributed by atoms with Crippen LogP contribution in [0.25, 0.3) is 11.0 Å². The number of aryl methyl sites for hydroxylation is 2. The molecule has 0 fully saturated rings. The summed E-state index contributed by atoms with van der Waals surface area (Å²) in [6.45, 7) is 4.19. The number of pyridine rings is 1. The van der Waals surface area contributed by atoms with Crippen LogP contribution in [0.1, 0.15) is 38.8 Å². The van der Waals surface area contributed by atoms with E-state index in [1.54, 1.807) is 6.92 Å². The number of carbonyl (C=O) groups is 1. The Hall–Kier alpha value is -2.90. The maximum atomic E-state index is 12.9. The number of aromatic nitrogens is 3. The van der Waals surface area contributed by atoms with Crippen LogP contribution in [-0.2, 0) is 33.2 Å². The lowest BCUT2D eigenvalue weighted by Gasteiger charge is -2.15. The molecule has 2 rings (SSSR count). The zero-order valence-corrected chi connectivity index (χ0v) is 18.5. The van der Waals surface area contributed by atoms with E-state index in [1.807, 2.05) is 0 Å². The van der Waals surface area contributed by atoms with Crippen LogP contribution in [-0.4, -0.2) is 40.1 Å². The number of unbranched alkanes of at least 4 members (excludes halogenated alkanes) is 1. The third kappa shape index (κ3) is 5.47. The molecule has 32 heavy (non-hydrogen) atoms. The molecule has 0 radical (unpaired) electrons. The van der Waals surface area contributed by atoms with Crippen LogP contribution in [0.3, 0.4) is 0 Å². The van der Waals surface area contributed by atoms with E-state index in [-0.39, 0.29) is 24.0 Å². The maximum Gasteiger partial charge on any atom is 0.534 e. The summed E-state index contributed by atoms with van der Waals surface area (Å²) < 4.78 is 72.3. The third-order valence-electron chi connectivity index (χ3n) is 4.48. The Labute approximate surface area is 180 Å². The molecule has 2 heterocycles. The molecule has 2 aromatic rings. The predicted octanol–water partition coefficient (Wildman–Crippen LogP) is 1.75. The highest BCUT2D eigenvalue weighted by Crippen LogP contribution is 2.30. The largest absolute Gasteiger partial charge is 0.534 e. The van der Waals surface area contributed by atoms with E-state index < -0.39 is 44.0 Å². The normalized spacial score (nSPS) is 13.2. The summed E-state index contributed by atoms with van der Waals surface area (Å²) in [5.74, 6) is -1.32. The van der Waals surface area contributed by atoms with E-state index in [1.165, 1.54) is 20.9 Å². The van der Waals surface area contributed by atoms with Crippen molar-refractivity contribution in [3.05, 3.63) is 32.6 Å². The zero-order valence-electron chi connectivity index (χ0n) is 17.7. The van der Waals surface area contributed by atoms with Gasteiger partial charge in [-0.3, -0.25) is 18.7 Å². The van der Waals surface area contributed by atoms with Gasteiger partial charge in [0.1, 0.15) is 5.39 Å². The van der Waals surface area contributed by atoms with Crippen molar-refractivity contribution in [2.45, 2.75) is 58.2 Å². The van der Waals surface area contributed by atoms with Crippen molar-refractivity contribution in [3.63, 3.8) is 0 Å². The Morgan fingerprint density at radius 3 is 2.44 bits per heavy atom. The molecule has 178 valence electrons. The first kappa shape index (κ1) is 25.4. The van der Waals surface area contributed by atoms with Crippen molar-refractivity contribution in [2.75, 3.05) is 0 Å². The quantitative estimate of drug-likeness (QED) is 0.242. The number of esters is 1. The fraction of sp³-hybridized carbons (Fsp3) is 0.556. The van der Waals surface area contributed by atoms with Gasteiger partial charge in [-0.25, -0.2) is 9.78 Å². The number of carbonyl (C=O) groups excluding carboxylic acids is 1. The highest BCUT2D eigenvalue weighted by molar-refractivity contribution is 7.88. The average molecular weight is 481 g/mol. The molecule has 1 atom stereocenters. The van der Waals surface area contributed by atoms with E-state index in [4.69, 9.17) is 4.74 Å². The maximum absolute atomic E-state index is 12.9. The minimum absolute atomic E-state index is 0.0384. The van der Waals surface area contributed by atoms with Gasteiger partial charge in [0.25, 0.3) is 5.56 Å². The number of halogens is 3. The van der Waals surface area contributed by atoms with Gasteiger partial charge in [0.2, 0.25) is 0 Å². The van der Waals surface area contributed by atoms with Gasteiger partial charge in [-0.2, -0.15) is 21.6 Å². The van der Waals surface area contributed by atoms with Crippen molar-refractivity contribution in [2.24, 2.45) is 7.05 Å². The van der Waals surface area contributed by atoms with Crippen LogP contribution in [0.15, 0.2) is 15.7 Å². The number of hydrogen-bond donors (Lipinski definition) is 0. The van der Waals surface area contributed by atoms with Gasteiger partial charge in [-0.15, -0.1) is 0 Å². The minimum atomic E-state index is -6.06. The summed E-state index contributed by atoms with van der Waals surface area (Å²) in [6.07, 6.45) is 0.868. The molecule has 0 aliphatic rings. The summed E-state index contributed by atoms with van der Waals surface area (Å²) in [5, 5.41) is -0.571. The molecule has 1 unspecified atom stereocenters. The highest BCUT2D eigenvalue weighted by Gasteiger charge is 2.49. The highest BCUT2D eigenvalue weighted by atomic mass is 32.2. The number of rotatable bonds is 8. The van der Waals surface area contributed by atoms with Gasteiger partial charge in [-0.05, 0) is 33.1 Å². The Balaban J connectivity index is 2.47. The Morgan fingerprint density at radius 1 is 1.25 bits per heavy atom. The van der Waals surface area contributed by atoms with Crippen LogP contribution < -0.4 is 15.4 Å². The lowest BCUT2D eigenvalue weighted by molar-refractivity contribution is -0.145. The fourth-order valence-electron chi connectivity index (χ4n) is 3.04. The van der Waals surface area contributed by atoms with Gasteiger partial charge in [-0.1, -0.05) is 0 Å². The molecule has 0 aliphatic heterocycles. The molecule has 14 heteroatoms. The standard InChI is InChI=1S/C18H22F3N3O7S/c1-10-9-13(31-32(28,29)18(19,20)21)14-15(22-10)23(4)17(27)24(16(14)26)8-6-5-7-11(2)30-12(3)25/h9,11H,5-8H2,1-4H3. The lowest BCUT2D eigenvalue weighted by Crippen LogP contribution is -2.40. The molecule has 0 bridgehead atoms. The van der Waals surface area contributed by atoms with Crippen LogP contribution in [0.2, 0.25) is 0 Å². The van der Waals surface area contributed by atoms with Crippen molar-refractivity contribution >= 4 is 27.1 Å². The summed E-state index contributed by atoms with van der Waals surface area (Å²) in [4.78, 5) is 40.5. The number of hydrogen-bond acceptors (Lipinski definition) is 8. The first-order valence-electron chi connectivity index (χ1n) is 9.45. The van der Waals surface area contributed by atoms with E-state index in [0.717, 1.165) is 15.2 Å². The van der Waals surface area contributed by atoms with Crippen LogP contribution >= 0.6 is 0 Å². The zero-order chi connectivity index (χ0) is 24.4. The molecule has 0 aromatic carbocycles. The van der Waals surface area contributed by atoms with Gasteiger partial charge in [0, 0.05) is 32.3 Å². The van der Waals surface area contributed by atoms with Crippen molar-refractivity contribution in [3.8, 4) is 5.75 Å². The van der Waals surface area contributed by atoms with E-state index in [9.17, 15) is 36.0 Å². The Morgan fingerprint density at radius 2 is 1.88 bits per heavy atom. The number of fused-ring (bicyclic) bond motifs is 1. The van der Waals surface area contributed by atoms with E-state index in [0.29, 0.717) is 19.3 Å². The molecule has 0 saturated heterocycles. The molecule has 0 spiro atoms. The molecule has 2 aromatic heterocycles. The number of nitrogens with zero attached hydrogens (tertiary/aromatic N) is 3. The fourth-order valence-corrected chi connectivity index (χ4v) is 3.50. The summed E-state index contributed by atoms with van der Waals surface area (Å²) in [5.41, 5.74) is -7.80. The van der Waals surface area contributed by atoms with Gasteiger partial charge >= 0.3 is 27.3 Å². The Kier molecular flexibility index (Phi) is 7.37. The summed E-state index contributed by atoms with van der Waals surface area (Å²) >= 11 is 0. The second kappa shape index (κ2) is 9.30. The topological polar surface area (TPSA) is 127 Å². The van der Waals surface area contributed by atoms with E-state index >= 15 is 0 Å². The lowest BCUT2D eigenvalue weighted by atomic mass is 10.1. The molecule has 10 nitrogen and oxygen atoms in total. The predicted molar refractivity (Wildman–Crippen MR) is 107 cm³/mol. The summed E-state index contributed by atoms with van der Waals surface area (Å²) in [6, 6.07) is 0.878. The second-order valence-corrected chi connectivity index (χ2v) is 8.70. The average Bonchev–Trinajstić information content (AvgIpc) is 2.63. The first-order chi connectivity index (χ1) is 14.7. The third-order valence-corrected chi connectivity index (χ3v) is 5.45.